The van der Waals surface area contributed by atoms with E-state index in [2.05, 4.69) is 20.7 Å². The molecule has 3 rings (SSSR count). The van der Waals surface area contributed by atoms with E-state index in [9.17, 15) is 9.59 Å². The van der Waals surface area contributed by atoms with Crippen LogP contribution < -0.4 is 24.4 Å². The molecule has 2 N–H and O–H groups in total. The van der Waals surface area contributed by atoms with Gasteiger partial charge >= 0.3 is 5.97 Å². The Kier molecular flexibility index (Phi) is 7.06. The van der Waals surface area contributed by atoms with E-state index in [1.54, 1.807) is 37.3 Å². The van der Waals surface area contributed by atoms with Gasteiger partial charge in [-0.2, -0.15) is 10.2 Å². The van der Waals surface area contributed by atoms with E-state index in [1.807, 2.05) is 0 Å². The first-order valence-electron chi connectivity index (χ1n) is 9.43. The number of nitrogens with zero attached hydrogens (tertiary/aromatic N) is 2. The molecular weight excluding hydrogens is 416 g/mol. The molecule has 0 saturated carbocycles. The van der Waals surface area contributed by atoms with E-state index in [-0.39, 0.29) is 17.0 Å². The zero-order valence-corrected chi connectivity index (χ0v) is 18.0. The summed E-state index contributed by atoms with van der Waals surface area (Å²) in [7, 11) is 4.38. The van der Waals surface area contributed by atoms with Crippen molar-refractivity contribution >= 4 is 18.1 Å². The Morgan fingerprint density at radius 1 is 1.00 bits per heavy atom. The molecule has 10 heteroatoms. The van der Waals surface area contributed by atoms with Gasteiger partial charge in [-0.15, -0.1) is 0 Å². The smallest absolute Gasteiger partial charge is 0.343 e. The van der Waals surface area contributed by atoms with E-state index in [0.717, 1.165) is 5.69 Å². The Bertz CT molecular complexity index is 1130. The minimum Gasteiger partial charge on any atom is -0.493 e. The Morgan fingerprint density at radius 3 is 2.28 bits per heavy atom. The largest absolute Gasteiger partial charge is 0.493 e. The number of carbonyl (C=O) groups is 2. The highest BCUT2D eigenvalue weighted by Crippen LogP contribution is 2.38. The summed E-state index contributed by atoms with van der Waals surface area (Å²) in [5.74, 6) is 0.148. The first kappa shape index (κ1) is 22.3. The summed E-state index contributed by atoms with van der Waals surface area (Å²) in [5.41, 5.74) is 4.02. The summed E-state index contributed by atoms with van der Waals surface area (Å²) < 4.78 is 21.4. The van der Waals surface area contributed by atoms with E-state index >= 15 is 0 Å². The molecule has 1 heterocycles. The quantitative estimate of drug-likeness (QED) is 0.240. The van der Waals surface area contributed by atoms with Crippen LogP contribution in [-0.4, -0.2) is 49.6 Å². The van der Waals surface area contributed by atoms with Crippen LogP contribution >= 0.6 is 0 Å². The van der Waals surface area contributed by atoms with Gasteiger partial charge in [0.05, 0.1) is 33.1 Å². The number of aromatic nitrogens is 2. The molecule has 32 heavy (non-hydrogen) atoms. The highest BCUT2D eigenvalue weighted by atomic mass is 16.5. The molecule has 10 nitrogen and oxygen atoms in total. The van der Waals surface area contributed by atoms with Gasteiger partial charge in [0.25, 0.3) is 5.91 Å². The summed E-state index contributed by atoms with van der Waals surface area (Å²) in [6, 6.07) is 11.3. The summed E-state index contributed by atoms with van der Waals surface area (Å²) in [4.78, 5) is 24.8. The zero-order valence-electron chi connectivity index (χ0n) is 18.0. The second kappa shape index (κ2) is 10.1. The Balaban J connectivity index is 1.77. The summed E-state index contributed by atoms with van der Waals surface area (Å²) in [6.07, 6.45) is 1.37. The van der Waals surface area contributed by atoms with Gasteiger partial charge in [0.1, 0.15) is 5.75 Å². The van der Waals surface area contributed by atoms with Crippen molar-refractivity contribution in [3.05, 3.63) is 65.0 Å². The molecule has 2 aromatic carbocycles. The van der Waals surface area contributed by atoms with Crippen LogP contribution in [0.15, 0.2) is 47.6 Å². The third-order valence-electron chi connectivity index (χ3n) is 4.33. The van der Waals surface area contributed by atoms with Crippen LogP contribution in [0.3, 0.4) is 0 Å². The number of hydrazone groups is 1. The molecule has 0 bridgehead atoms. The van der Waals surface area contributed by atoms with Crippen molar-refractivity contribution in [2.24, 2.45) is 5.10 Å². The third-order valence-corrected chi connectivity index (χ3v) is 4.33. The minimum absolute atomic E-state index is 0.202. The first-order chi connectivity index (χ1) is 15.5. The molecule has 3 aromatic rings. The van der Waals surface area contributed by atoms with Crippen LogP contribution in [0.4, 0.5) is 0 Å². The lowest BCUT2D eigenvalue weighted by atomic mass is 10.1. The molecule has 0 saturated heterocycles. The standard InChI is InChI=1S/C22H22N4O6/c1-13-9-16(25-24-13)21(27)26-23-12-14-7-5-6-8-17(14)32-22(28)15-10-18(29-2)20(31-4)19(11-15)30-3/h5-12H,1-4H3,(H,24,25)(H,26,27)/b23-12+. The molecule has 0 fully saturated rings. The lowest BCUT2D eigenvalue weighted by molar-refractivity contribution is 0.0733. The van der Waals surface area contributed by atoms with Crippen molar-refractivity contribution < 1.29 is 28.5 Å². The number of H-pyrrole nitrogens is 1. The topological polar surface area (TPSA) is 124 Å². The fourth-order valence-electron chi connectivity index (χ4n) is 2.79. The van der Waals surface area contributed by atoms with Crippen LogP contribution in [0.1, 0.15) is 32.1 Å². The van der Waals surface area contributed by atoms with Gasteiger partial charge in [0.15, 0.2) is 17.2 Å². The number of aryl methyl sites for hydroxylation is 1. The van der Waals surface area contributed by atoms with Gasteiger partial charge in [-0.3, -0.25) is 9.89 Å². The van der Waals surface area contributed by atoms with E-state index in [1.165, 1.54) is 39.7 Å². The van der Waals surface area contributed by atoms with Crippen LogP contribution in [-0.2, 0) is 0 Å². The van der Waals surface area contributed by atoms with Crippen molar-refractivity contribution in [1.29, 1.82) is 0 Å². The van der Waals surface area contributed by atoms with Crippen molar-refractivity contribution in [1.82, 2.24) is 15.6 Å². The minimum atomic E-state index is -0.638. The molecule has 166 valence electrons. The Labute approximate surface area is 184 Å². The molecular formula is C22H22N4O6. The second-order valence-corrected chi connectivity index (χ2v) is 6.48. The van der Waals surface area contributed by atoms with Crippen molar-refractivity contribution in [3.8, 4) is 23.0 Å². The summed E-state index contributed by atoms with van der Waals surface area (Å²) in [6.45, 7) is 1.78. The summed E-state index contributed by atoms with van der Waals surface area (Å²) in [5, 5.41) is 10.5. The number of carbonyl (C=O) groups excluding carboxylic acids is 2. The zero-order chi connectivity index (χ0) is 23.1. The van der Waals surface area contributed by atoms with Crippen molar-refractivity contribution in [2.45, 2.75) is 6.92 Å². The van der Waals surface area contributed by atoms with Crippen molar-refractivity contribution in [2.75, 3.05) is 21.3 Å². The van der Waals surface area contributed by atoms with Gasteiger partial charge in [-0.1, -0.05) is 12.1 Å². The monoisotopic (exact) mass is 438 g/mol. The van der Waals surface area contributed by atoms with Gasteiger partial charge in [0, 0.05) is 11.3 Å². The number of amides is 1. The average molecular weight is 438 g/mol. The average Bonchev–Trinajstić information content (AvgIpc) is 3.25. The van der Waals surface area contributed by atoms with E-state index in [0.29, 0.717) is 22.8 Å². The lowest BCUT2D eigenvalue weighted by Gasteiger charge is -2.14. The number of methoxy groups -OCH3 is 3. The number of esters is 1. The SMILES string of the molecule is COc1cc(C(=O)Oc2ccccc2/C=N/NC(=O)c2cc(C)[nH]n2)cc(OC)c1OC. The maximum atomic E-state index is 12.8. The fraction of sp³-hybridized carbons (Fsp3) is 0.182. The number of hydrogen-bond acceptors (Lipinski definition) is 8. The predicted molar refractivity (Wildman–Crippen MR) is 116 cm³/mol. The molecule has 0 radical (unpaired) electrons. The Morgan fingerprint density at radius 2 is 1.69 bits per heavy atom. The second-order valence-electron chi connectivity index (χ2n) is 6.48. The predicted octanol–water partition coefficient (Wildman–Crippen LogP) is 2.73. The first-order valence-corrected chi connectivity index (χ1v) is 9.43. The Hall–Kier alpha value is -4.34. The van der Waals surface area contributed by atoms with Gasteiger partial charge in [-0.05, 0) is 37.3 Å². The normalized spacial score (nSPS) is 10.6. The van der Waals surface area contributed by atoms with Crippen LogP contribution in [0.5, 0.6) is 23.0 Å². The number of nitrogens with one attached hydrogen (secondary N) is 2. The highest BCUT2D eigenvalue weighted by molar-refractivity contribution is 5.95. The van der Waals surface area contributed by atoms with Gasteiger partial charge in [0.2, 0.25) is 5.75 Å². The van der Waals surface area contributed by atoms with Gasteiger partial charge < -0.3 is 18.9 Å². The molecule has 0 spiro atoms. The number of rotatable bonds is 8. The third kappa shape index (κ3) is 5.04. The maximum Gasteiger partial charge on any atom is 0.343 e. The molecule has 1 aromatic heterocycles. The van der Waals surface area contributed by atoms with Crippen LogP contribution in [0.25, 0.3) is 0 Å². The molecule has 0 unspecified atom stereocenters. The van der Waals surface area contributed by atoms with Crippen LogP contribution in [0, 0.1) is 6.92 Å². The number of ether oxygens (including phenoxy) is 4. The maximum absolute atomic E-state index is 12.8. The lowest BCUT2D eigenvalue weighted by Crippen LogP contribution is -2.18. The molecule has 0 atom stereocenters. The van der Waals surface area contributed by atoms with Crippen LogP contribution in [0.2, 0.25) is 0 Å². The fourth-order valence-corrected chi connectivity index (χ4v) is 2.79. The van der Waals surface area contributed by atoms with Gasteiger partial charge in [-0.25, -0.2) is 10.2 Å². The number of benzene rings is 2. The molecule has 0 aliphatic carbocycles. The molecule has 1 amide bonds. The van der Waals surface area contributed by atoms with E-state index < -0.39 is 11.9 Å². The number of aromatic amines is 1. The van der Waals surface area contributed by atoms with Crippen molar-refractivity contribution in [3.63, 3.8) is 0 Å². The molecule has 0 aliphatic heterocycles. The highest BCUT2D eigenvalue weighted by Gasteiger charge is 2.19. The van der Waals surface area contributed by atoms with E-state index in [4.69, 9.17) is 18.9 Å². The summed E-state index contributed by atoms with van der Waals surface area (Å²) >= 11 is 0. The molecule has 0 aliphatic rings. The number of hydrogen-bond donors (Lipinski definition) is 2. The number of para-hydroxylation sites is 1.